The molecule has 1 aromatic carbocycles. The lowest BCUT2D eigenvalue weighted by Crippen LogP contribution is -2.45. The summed E-state index contributed by atoms with van der Waals surface area (Å²) >= 11 is 0. The lowest BCUT2D eigenvalue weighted by Gasteiger charge is -2.32. The molecule has 1 saturated heterocycles. The van der Waals surface area contributed by atoms with Crippen LogP contribution < -0.4 is 11.1 Å². The number of likely N-dealkylation sites (tertiary alicyclic amines) is 1. The largest absolute Gasteiger partial charge is 0.444 e. The molecule has 1 aliphatic carbocycles. The highest BCUT2D eigenvalue weighted by atomic mass is 16.6. The Bertz CT molecular complexity index is 1560. The fourth-order valence-electron chi connectivity index (χ4n) is 6.35. The number of alkyl carbamates (subject to hydrolysis) is 1. The zero-order chi connectivity index (χ0) is 30.0. The number of carbonyl (C=O) groups excluding carboxylic acids is 1. The van der Waals surface area contributed by atoms with Gasteiger partial charge in [-0.3, -0.25) is 9.47 Å². The maximum absolute atomic E-state index is 12.2. The molecular formula is C34H43N7O2. The summed E-state index contributed by atoms with van der Waals surface area (Å²) in [5, 5.41) is 3.03. The minimum Gasteiger partial charge on any atom is -0.444 e. The summed E-state index contributed by atoms with van der Waals surface area (Å²) in [7, 11) is 0. The highest BCUT2D eigenvalue weighted by Crippen LogP contribution is 2.35. The molecule has 3 N–H and O–H groups in total. The van der Waals surface area contributed by atoms with Crippen LogP contribution in [0.3, 0.4) is 0 Å². The standard InChI is InChI=1S/C34H43N7O2/c1-34(2,3)43-33(42)37-25-17-20-40(21-18-25)22-23-11-13-26(14-12-23)41-31(27-10-7-19-36-30(27)35)39-29-16-15-28(38-32(29)41)24-8-5-4-6-9-24/h7,10-16,19,24-25H,4-6,8-9,17-18,20-22H2,1-3H3,(H2,35,36)(H,37,42). The van der Waals surface area contributed by atoms with E-state index < -0.39 is 5.60 Å². The van der Waals surface area contributed by atoms with Crippen molar-refractivity contribution in [3.8, 4) is 17.1 Å². The van der Waals surface area contributed by atoms with E-state index in [1.807, 2.05) is 32.9 Å². The van der Waals surface area contributed by atoms with Gasteiger partial charge in [-0.05, 0) is 88.4 Å². The molecule has 2 aliphatic rings. The second-order valence-electron chi connectivity index (χ2n) is 13.0. The first kappa shape index (κ1) is 29.1. The number of ether oxygens (including phenoxy) is 1. The fourth-order valence-corrected chi connectivity index (χ4v) is 6.35. The van der Waals surface area contributed by atoms with E-state index in [-0.39, 0.29) is 12.1 Å². The van der Waals surface area contributed by atoms with Crippen molar-refractivity contribution in [2.45, 2.75) is 89.8 Å². The first-order valence-corrected chi connectivity index (χ1v) is 15.6. The Morgan fingerprint density at radius 1 is 0.977 bits per heavy atom. The number of nitrogens with one attached hydrogen (secondary N) is 1. The lowest BCUT2D eigenvalue weighted by atomic mass is 9.87. The van der Waals surface area contributed by atoms with Gasteiger partial charge in [0.25, 0.3) is 0 Å². The average molecular weight is 582 g/mol. The van der Waals surface area contributed by atoms with Crippen molar-refractivity contribution >= 4 is 23.1 Å². The van der Waals surface area contributed by atoms with Gasteiger partial charge in [0.2, 0.25) is 0 Å². The maximum atomic E-state index is 12.2. The summed E-state index contributed by atoms with van der Waals surface area (Å²) in [4.78, 5) is 29.2. The molecule has 9 heteroatoms. The van der Waals surface area contributed by atoms with Crippen molar-refractivity contribution in [2.24, 2.45) is 0 Å². The van der Waals surface area contributed by atoms with Crippen LogP contribution in [0.25, 0.3) is 28.2 Å². The first-order chi connectivity index (χ1) is 20.7. The molecular weight excluding hydrogens is 538 g/mol. The van der Waals surface area contributed by atoms with Gasteiger partial charge in [-0.25, -0.2) is 19.7 Å². The van der Waals surface area contributed by atoms with Gasteiger partial charge < -0.3 is 15.8 Å². The number of nitrogen functional groups attached to an aromatic ring is 1. The second-order valence-corrected chi connectivity index (χ2v) is 13.0. The number of rotatable bonds is 6. The number of imidazole rings is 1. The van der Waals surface area contributed by atoms with E-state index >= 15 is 0 Å². The molecule has 4 aromatic rings. The van der Waals surface area contributed by atoms with Gasteiger partial charge in [0, 0.05) is 49.2 Å². The van der Waals surface area contributed by atoms with Crippen LogP contribution in [-0.4, -0.2) is 55.2 Å². The van der Waals surface area contributed by atoms with Crippen molar-refractivity contribution < 1.29 is 9.53 Å². The van der Waals surface area contributed by atoms with E-state index in [2.05, 4.69) is 56.2 Å². The average Bonchev–Trinajstić information content (AvgIpc) is 3.37. The van der Waals surface area contributed by atoms with E-state index in [0.29, 0.717) is 11.7 Å². The Labute approximate surface area is 253 Å². The molecule has 0 unspecified atom stereocenters. The number of pyridine rings is 2. The quantitative estimate of drug-likeness (QED) is 0.264. The van der Waals surface area contributed by atoms with Gasteiger partial charge >= 0.3 is 6.09 Å². The Kier molecular flexibility index (Phi) is 8.34. The van der Waals surface area contributed by atoms with Crippen LogP contribution in [0.5, 0.6) is 0 Å². The van der Waals surface area contributed by atoms with E-state index in [1.54, 1.807) is 6.20 Å². The Balaban J connectivity index is 1.21. The lowest BCUT2D eigenvalue weighted by molar-refractivity contribution is 0.0477. The summed E-state index contributed by atoms with van der Waals surface area (Å²) in [6.07, 6.45) is 9.41. The van der Waals surface area contributed by atoms with Gasteiger partial charge in [-0.2, -0.15) is 0 Å². The number of hydrogen-bond donors (Lipinski definition) is 2. The molecule has 4 heterocycles. The molecule has 0 atom stereocenters. The maximum Gasteiger partial charge on any atom is 0.407 e. The predicted molar refractivity (Wildman–Crippen MR) is 170 cm³/mol. The Morgan fingerprint density at radius 2 is 1.72 bits per heavy atom. The fraction of sp³-hybridized carbons (Fsp3) is 0.471. The third kappa shape index (κ3) is 6.82. The summed E-state index contributed by atoms with van der Waals surface area (Å²) in [6.45, 7) is 8.36. The van der Waals surface area contributed by atoms with Crippen LogP contribution in [0, 0.1) is 0 Å². The number of aromatic nitrogens is 4. The zero-order valence-corrected chi connectivity index (χ0v) is 25.6. The van der Waals surface area contributed by atoms with E-state index in [9.17, 15) is 4.79 Å². The summed E-state index contributed by atoms with van der Waals surface area (Å²) in [5.41, 5.74) is 11.7. The number of fused-ring (bicyclic) bond motifs is 1. The predicted octanol–water partition coefficient (Wildman–Crippen LogP) is 6.60. The summed E-state index contributed by atoms with van der Waals surface area (Å²) in [6, 6.07) is 16.9. The topological polar surface area (TPSA) is 111 Å². The molecule has 1 saturated carbocycles. The van der Waals surface area contributed by atoms with Crippen LogP contribution in [0.2, 0.25) is 0 Å². The number of nitrogens with two attached hydrogens (primary N) is 1. The number of hydrogen-bond acceptors (Lipinski definition) is 7. The molecule has 0 radical (unpaired) electrons. The van der Waals surface area contributed by atoms with Crippen LogP contribution in [0.4, 0.5) is 10.6 Å². The van der Waals surface area contributed by atoms with Crippen LogP contribution in [0.15, 0.2) is 54.7 Å². The molecule has 6 rings (SSSR count). The molecule has 226 valence electrons. The zero-order valence-electron chi connectivity index (χ0n) is 25.6. The van der Waals surface area contributed by atoms with Gasteiger partial charge in [-0.15, -0.1) is 0 Å². The smallest absolute Gasteiger partial charge is 0.407 e. The minimum absolute atomic E-state index is 0.146. The highest BCUT2D eigenvalue weighted by molar-refractivity contribution is 5.83. The van der Waals surface area contributed by atoms with Crippen LogP contribution in [-0.2, 0) is 11.3 Å². The second kappa shape index (κ2) is 12.3. The number of benzene rings is 1. The third-order valence-corrected chi connectivity index (χ3v) is 8.54. The van der Waals surface area contributed by atoms with Gasteiger partial charge in [0.05, 0.1) is 5.56 Å². The molecule has 2 fully saturated rings. The normalized spacial score (nSPS) is 17.3. The number of piperidine rings is 1. The van der Waals surface area contributed by atoms with Crippen molar-refractivity contribution in [1.82, 2.24) is 29.7 Å². The van der Waals surface area contributed by atoms with Crippen molar-refractivity contribution in [2.75, 3.05) is 18.8 Å². The molecule has 9 nitrogen and oxygen atoms in total. The van der Waals surface area contributed by atoms with Crippen molar-refractivity contribution in [1.29, 1.82) is 0 Å². The van der Waals surface area contributed by atoms with Crippen LogP contribution >= 0.6 is 0 Å². The molecule has 0 spiro atoms. The number of anilines is 1. The minimum atomic E-state index is -0.487. The van der Waals surface area contributed by atoms with Crippen molar-refractivity contribution in [3.05, 3.63) is 66.0 Å². The number of amides is 1. The molecule has 1 aliphatic heterocycles. The summed E-state index contributed by atoms with van der Waals surface area (Å²) in [5.74, 6) is 1.70. The van der Waals surface area contributed by atoms with Crippen molar-refractivity contribution in [3.63, 3.8) is 0 Å². The summed E-state index contributed by atoms with van der Waals surface area (Å²) < 4.78 is 7.56. The monoisotopic (exact) mass is 581 g/mol. The first-order valence-electron chi connectivity index (χ1n) is 15.6. The Morgan fingerprint density at radius 3 is 2.42 bits per heavy atom. The SMILES string of the molecule is CC(C)(C)OC(=O)NC1CCN(Cc2ccc(-n3c(-c4cccnc4N)nc4ccc(C5CCCCC5)nc43)cc2)CC1. The van der Waals surface area contributed by atoms with E-state index in [0.717, 1.165) is 66.4 Å². The third-order valence-electron chi connectivity index (χ3n) is 8.54. The van der Waals surface area contributed by atoms with E-state index in [1.165, 1.54) is 37.7 Å². The number of nitrogens with zero attached hydrogens (tertiary/aromatic N) is 5. The van der Waals surface area contributed by atoms with Gasteiger partial charge in [0.1, 0.15) is 16.9 Å². The van der Waals surface area contributed by atoms with Crippen LogP contribution in [0.1, 0.15) is 82.9 Å². The molecule has 1 amide bonds. The molecule has 43 heavy (non-hydrogen) atoms. The van der Waals surface area contributed by atoms with E-state index in [4.69, 9.17) is 20.4 Å². The van der Waals surface area contributed by atoms with Gasteiger partial charge in [-0.1, -0.05) is 31.4 Å². The highest BCUT2D eigenvalue weighted by Gasteiger charge is 2.25. The molecule has 0 bridgehead atoms. The van der Waals surface area contributed by atoms with Gasteiger partial charge in [0.15, 0.2) is 11.5 Å². The number of carbonyl (C=O) groups is 1. The molecule has 3 aromatic heterocycles. The Hall–Kier alpha value is -3.98.